The molecule has 0 bridgehead atoms. The zero-order valence-electron chi connectivity index (χ0n) is 12.3. The van der Waals surface area contributed by atoms with Crippen LogP contribution in [-0.2, 0) is 0 Å². The molecule has 7 heteroatoms. The summed E-state index contributed by atoms with van der Waals surface area (Å²) in [5, 5.41) is 11.7. The first-order valence-electron chi connectivity index (χ1n) is 5.81. The minimum absolute atomic E-state index is 0. The molecule has 0 fully saturated rings. The van der Waals surface area contributed by atoms with Gasteiger partial charge >= 0.3 is 57.6 Å². The number of nitrogens with zero attached hydrogens (tertiary/aromatic N) is 1. The monoisotopic (exact) mass is 387 g/mol. The van der Waals surface area contributed by atoms with Gasteiger partial charge in [0.2, 0.25) is 0 Å². The second kappa shape index (κ2) is 8.26. The first-order valence-corrected chi connectivity index (χ1v) is 6.60. The Hall–Kier alpha value is 0.336. The summed E-state index contributed by atoms with van der Waals surface area (Å²) in [6.07, 6.45) is -4.12. The van der Waals surface area contributed by atoms with E-state index in [1.807, 2.05) is 0 Å². The van der Waals surface area contributed by atoms with Gasteiger partial charge in [0.25, 0.3) is 0 Å². The van der Waals surface area contributed by atoms with Gasteiger partial charge in [0.1, 0.15) is 5.71 Å². The van der Waals surface area contributed by atoms with Crippen molar-refractivity contribution >= 4 is 27.3 Å². The third-order valence-electron chi connectivity index (χ3n) is 2.37. The average Bonchev–Trinajstić information content (AvgIpc) is 2.28. The summed E-state index contributed by atoms with van der Waals surface area (Å²) in [5.41, 5.74) is -1.94. The van der Waals surface area contributed by atoms with Crippen molar-refractivity contribution in [3.8, 4) is 0 Å². The van der Waals surface area contributed by atoms with Crippen molar-refractivity contribution in [2.45, 2.75) is 26.9 Å². The Labute approximate surface area is 173 Å². The molecule has 1 aromatic carbocycles. The van der Waals surface area contributed by atoms with E-state index in [0.717, 1.165) is 4.47 Å². The molecule has 1 aromatic rings. The van der Waals surface area contributed by atoms with Crippen molar-refractivity contribution in [2.24, 2.45) is 10.4 Å². The topological polar surface area (TPSA) is 35.4 Å². The van der Waals surface area contributed by atoms with E-state index in [1.165, 1.54) is 12.1 Å². The number of hydrogen-bond acceptors (Lipinski definition) is 2. The van der Waals surface area contributed by atoms with Crippen molar-refractivity contribution in [1.29, 1.82) is 0 Å². The van der Waals surface area contributed by atoms with Crippen LogP contribution in [0.2, 0.25) is 0 Å². The van der Waals surface area contributed by atoms with Crippen LogP contribution in [-0.4, -0.2) is 11.9 Å². The molecule has 2 nitrogen and oxygen atoms in total. The van der Waals surface area contributed by atoms with Gasteiger partial charge in [0.05, 0.1) is 5.69 Å². The summed E-state index contributed by atoms with van der Waals surface area (Å²) in [6, 6.07) is 6.03. The van der Waals surface area contributed by atoms with Crippen LogP contribution in [0.5, 0.6) is 0 Å². The van der Waals surface area contributed by atoms with E-state index >= 15 is 0 Å². The van der Waals surface area contributed by atoms with E-state index in [1.54, 1.807) is 32.9 Å². The van der Waals surface area contributed by atoms with Gasteiger partial charge in [-0.15, -0.1) is 5.76 Å². The Morgan fingerprint density at radius 1 is 1.14 bits per heavy atom. The molecule has 0 spiro atoms. The molecular formula is C14H14BrF3KNO. The summed E-state index contributed by atoms with van der Waals surface area (Å²) in [7, 11) is 0. The maximum atomic E-state index is 12.9. The maximum absolute atomic E-state index is 12.9. The first kappa shape index (κ1) is 21.3. The van der Waals surface area contributed by atoms with Crippen LogP contribution in [0.15, 0.2) is 45.6 Å². The molecule has 0 aliphatic carbocycles. The predicted octanol–water partition coefficient (Wildman–Crippen LogP) is 1.38. The minimum Gasteiger partial charge on any atom is -0.875 e. The van der Waals surface area contributed by atoms with Crippen molar-refractivity contribution in [3.05, 3.63) is 40.6 Å². The fourth-order valence-corrected chi connectivity index (χ4v) is 1.44. The molecule has 0 radical (unpaired) electrons. The summed E-state index contributed by atoms with van der Waals surface area (Å²) < 4.78 is 39.5. The van der Waals surface area contributed by atoms with E-state index < -0.39 is 23.1 Å². The molecule has 0 saturated carbocycles. The summed E-state index contributed by atoms with van der Waals surface area (Å²) in [6.45, 7) is 4.67. The molecule has 110 valence electrons. The second-order valence-electron chi connectivity index (χ2n) is 5.23. The predicted molar refractivity (Wildman–Crippen MR) is 74.8 cm³/mol. The van der Waals surface area contributed by atoms with Crippen molar-refractivity contribution in [3.63, 3.8) is 0 Å². The molecule has 0 aliphatic heterocycles. The summed E-state index contributed by atoms with van der Waals surface area (Å²) in [5.74, 6) is -0.620. The zero-order chi connectivity index (χ0) is 15.6. The van der Waals surface area contributed by atoms with Gasteiger partial charge in [0.15, 0.2) is 0 Å². The third kappa shape index (κ3) is 7.43. The van der Waals surface area contributed by atoms with Gasteiger partial charge < -0.3 is 5.11 Å². The van der Waals surface area contributed by atoms with E-state index in [9.17, 15) is 18.3 Å². The molecule has 0 heterocycles. The van der Waals surface area contributed by atoms with Crippen LogP contribution in [0.4, 0.5) is 18.9 Å². The number of alkyl halides is 3. The molecule has 0 amide bonds. The van der Waals surface area contributed by atoms with Gasteiger partial charge in [0, 0.05) is 4.47 Å². The van der Waals surface area contributed by atoms with Gasteiger partial charge in [-0.2, -0.15) is 13.2 Å². The number of hydrogen-bond donors (Lipinski definition) is 0. The quantitative estimate of drug-likeness (QED) is 0.429. The molecule has 0 N–H and O–H groups in total. The maximum Gasteiger partial charge on any atom is 1.00 e. The van der Waals surface area contributed by atoms with Crippen LogP contribution in [0, 0.1) is 5.41 Å². The first-order chi connectivity index (χ1) is 9.00. The van der Waals surface area contributed by atoms with E-state index in [4.69, 9.17) is 0 Å². The Kier molecular flexibility index (Phi) is 8.39. The molecule has 0 atom stereocenters. The van der Waals surface area contributed by atoms with E-state index in [2.05, 4.69) is 20.9 Å². The number of rotatable bonds is 2. The zero-order valence-corrected chi connectivity index (χ0v) is 17.0. The van der Waals surface area contributed by atoms with Gasteiger partial charge in [-0.05, 0) is 35.8 Å². The van der Waals surface area contributed by atoms with Gasteiger partial charge in [-0.25, -0.2) is 4.99 Å². The molecule has 21 heavy (non-hydrogen) atoms. The molecule has 0 aliphatic rings. The number of allylic oxidation sites excluding steroid dienone is 2. The van der Waals surface area contributed by atoms with Gasteiger partial charge in [-0.3, -0.25) is 0 Å². The molecule has 0 unspecified atom stereocenters. The van der Waals surface area contributed by atoms with Crippen molar-refractivity contribution in [2.75, 3.05) is 0 Å². The molecular weight excluding hydrogens is 374 g/mol. The van der Waals surface area contributed by atoms with Crippen molar-refractivity contribution in [1.82, 2.24) is 0 Å². The fraction of sp³-hybridized carbons (Fsp3) is 0.357. The number of halogens is 4. The smallest absolute Gasteiger partial charge is 0.875 e. The summed E-state index contributed by atoms with van der Waals surface area (Å²) in [4.78, 5) is 3.52. The number of benzene rings is 1. The largest absolute Gasteiger partial charge is 1.00 e. The fourth-order valence-electron chi connectivity index (χ4n) is 1.17. The third-order valence-corrected chi connectivity index (χ3v) is 2.90. The Morgan fingerprint density at radius 2 is 1.62 bits per heavy atom. The SMILES string of the molecule is CC(C)(C)/C([O-])=C/C(=Nc1ccc(Br)cc1)C(F)(F)F.[K+]. The van der Waals surface area contributed by atoms with Crippen LogP contribution in [0.1, 0.15) is 20.8 Å². The minimum atomic E-state index is -4.67. The van der Waals surface area contributed by atoms with E-state index in [-0.39, 0.29) is 57.1 Å². The van der Waals surface area contributed by atoms with Crippen LogP contribution in [0.3, 0.4) is 0 Å². The van der Waals surface area contributed by atoms with Crippen LogP contribution < -0.4 is 56.5 Å². The normalized spacial score (nSPS) is 13.9. The molecule has 0 aromatic heterocycles. The van der Waals surface area contributed by atoms with Gasteiger partial charge in [-0.1, -0.05) is 36.7 Å². The van der Waals surface area contributed by atoms with Crippen LogP contribution in [0.25, 0.3) is 0 Å². The number of aliphatic imine (C=N–C) groups is 1. The second-order valence-corrected chi connectivity index (χ2v) is 6.15. The van der Waals surface area contributed by atoms with E-state index in [0.29, 0.717) is 6.08 Å². The van der Waals surface area contributed by atoms with Crippen LogP contribution >= 0.6 is 15.9 Å². The molecule has 1 rings (SSSR count). The average molecular weight is 388 g/mol. The Bertz CT molecular complexity index is 531. The molecule has 0 saturated heterocycles. The standard InChI is InChI=1S/C14H15BrF3NO.K/c1-13(2,3)12(20)8-11(14(16,17)18)19-10-6-4-9(15)5-7-10;/h4-8,20H,1-3H3;/q;+1/p-1/b12-8-,19-11?;. The Morgan fingerprint density at radius 3 is 2.00 bits per heavy atom. The van der Waals surface area contributed by atoms with Crippen molar-refractivity contribution < 1.29 is 69.7 Å². The summed E-state index contributed by atoms with van der Waals surface area (Å²) >= 11 is 3.18. The Balaban J connectivity index is 0.00000400.